The molecule has 0 aromatic heterocycles. The topological polar surface area (TPSA) is 105 Å². The zero-order valence-corrected chi connectivity index (χ0v) is 26.2. The summed E-state index contributed by atoms with van der Waals surface area (Å²) in [4.78, 5) is 41.5. The molecule has 7 heteroatoms. The second kappa shape index (κ2) is 17.1. The van der Waals surface area contributed by atoms with E-state index in [-0.39, 0.29) is 29.7 Å². The average Bonchev–Trinajstić information content (AvgIpc) is 2.99. The number of nitrogens with one attached hydrogen (secondary N) is 2. The van der Waals surface area contributed by atoms with Gasteiger partial charge in [-0.15, -0.1) is 0 Å². The van der Waals surface area contributed by atoms with Crippen molar-refractivity contribution in [2.75, 3.05) is 19.6 Å². The van der Waals surface area contributed by atoms with Crippen molar-refractivity contribution in [2.24, 2.45) is 17.6 Å². The van der Waals surface area contributed by atoms with E-state index < -0.39 is 6.04 Å². The lowest BCUT2D eigenvalue weighted by atomic mass is 9.89. The maximum atomic E-state index is 13.5. The Morgan fingerprint density at radius 1 is 0.952 bits per heavy atom. The molecule has 3 rings (SSSR count). The molecule has 0 radical (unpaired) electrons. The lowest BCUT2D eigenvalue weighted by molar-refractivity contribution is -0.125. The van der Waals surface area contributed by atoms with Gasteiger partial charge in [0.25, 0.3) is 11.8 Å². The van der Waals surface area contributed by atoms with Gasteiger partial charge in [-0.25, -0.2) is 0 Å². The SMILES string of the molecule is CCCN(CCC)C(=O)c1cccc(C(=O)N[C@@H](Cc2cccc(C)c2)[C@@H](N)C[C@@H](C)C(=O)NCC2CCCCC2)c1. The van der Waals surface area contributed by atoms with E-state index in [0.717, 1.165) is 30.5 Å². The number of nitrogens with two attached hydrogens (primary N) is 1. The molecule has 0 spiro atoms. The maximum absolute atomic E-state index is 13.5. The number of nitrogens with zero attached hydrogens (tertiary/aromatic N) is 1. The first-order valence-electron chi connectivity index (χ1n) is 16.0. The van der Waals surface area contributed by atoms with E-state index in [4.69, 9.17) is 5.73 Å². The predicted octanol–water partition coefficient (Wildman–Crippen LogP) is 5.65. The van der Waals surface area contributed by atoms with Gasteiger partial charge in [-0.1, -0.05) is 75.9 Å². The molecule has 1 aliphatic carbocycles. The Morgan fingerprint density at radius 2 is 1.62 bits per heavy atom. The van der Waals surface area contributed by atoms with Crippen molar-refractivity contribution in [3.05, 3.63) is 70.8 Å². The molecule has 1 saturated carbocycles. The minimum Gasteiger partial charge on any atom is -0.356 e. The highest BCUT2D eigenvalue weighted by molar-refractivity contribution is 5.99. The molecule has 3 atom stereocenters. The van der Waals surface area contributed by atoms with E-state index in [1.807, 2.05) is 36.9 Å². The van der Waals surface area contributed by atoms with Crippen molar-refractivity contribution in [3.63, 3.8) is 0 Å². The molecule has 7 nitrogen and oxygen atoms in total. The fraction of sp³-hybridized carbons (Fsp3) is 0.571. The van der Waals surface area contributed by atoms with Crippen LogP contribution in [0.1, 0.15) is 104 Å². The van der Waals surface area contributed by atoms with E-state index in [0.29, 0.717) is 43.0 Å². The molecule has 1 fully saturated rings. The van der Waals surface area contributed by atoms with Crippen LogP contribution in [-0.2, 0) is 11.2 Å². The molecule has 1 aliphatic rings. The van der Waals surface area contributed by atoms with Crippen molar-refractivity contribution in [1.29, 1.82) is 0 Å². The smallest absolute Gasteiger partial charge is 0.253 e. The van der Waals surface area contributed by atoms with Crippen LogP contribution in [0.5, 0.6) is 0 Å². The van der Waals surface area contributed by atoms with Crippen LogP contribution in [0.3, 0.4) is 0 Å². The van der Waals surface area contributed by atoms with E-state index in [1.54, 1.807) is 24.3 Å². The van der Waals surface area contributed by atoms with Gasteiger partial charge in [-0.2, -0.15) is 0 Å². The fourth-order valence-corrected chi connectivity index (χ4v) is 5.97. The minimum absolute atomic E-state index is 0.0200. The van der Waals surface area contributed by atoms with Crippen molar-refractivity contribution in [1.82, 2.24) is 15.5 Å². The van der Waals surface area contributed by atoms with Crippen molar-refractivity contribution in [2.45, 2.75) is 97.6 Å². The van der Waals surface area contributed by atoms with Gasteiger partial charge in [-0.05, 0) is 75.1 Å². The third-order valence-electron chi connectivity index (χ3n) is 8.38. The third-order valence-corrected chi connectivity index (χ3v) is 8.38. The summed E-state index contributed by atoms with van der Waals surface area (Å²) in [6.45, 7) is 10.2. The second-order valence-electron chi connectivity index (χ2n) is 12.2. The molecule has 0 saturated heterocycles. The van der Waals surface area contributed by atoms with E-state index >= 15 is 0 Å². The fourth-order valence-electron chi connectivity index (χ4n) is 5.97. The molecular weight excluding hydrogens is 524 g/mol. The monoisotopic (exact) mass is 576 g/mol. The lowest BCUT2D eigenvalue weighted by Gasteiger charge is -2.28. The molecule has 0 unspecified atom stereocenters. The number of hydrogen-bond acceptors (Lipinski definition) is 4. The highest BCUT2D eigenvalue weighted by Crippen LogP contribution is 2.23. The van der Waals surface area contributed by atoms with Gasteiger partial charge in [-0.3, -0.25) is 14.4 Å². The highest BCUT2D eigenvalue weighted by Gasteiger charge is 2.26. The van der Waals surface area contributed by atoms with Crippen LogP contribution >= 0.6 is 0 Å². The molecule has 0 bridgehead atoms. The summed E-state index contributed by atoms with van der Waals surface area (Å²) < 4.78 is 0. The molecule has 3 amide bonds. The number of carbonyl (C=O) groups is 3. The number of rotatable bonds is 15. The van der Waals surface area contributed by atoms with E-state index in [2.05, 4.69) is 30.5 Å². The summed E-state index contributed by atoms with van der Waals surface area (Å²) in [5, 5.41) is 6.30. The minimum atomic E-state index is -0.431. The normalized spacial score (nSPS) is 15.8. The molecule has 4 N–H and O–H groups in total. The first kappa shape index (κ1) is 33.3. The summed E-state index contributed by atoms with van der Waals surface area (Å²) in [6, 6.07) is 14.3. The Labute approximate surface area is 253 Å². The predicted molar refractivity (Wildman–Crippen MR) is 170 cm³/mol. The number of carbonyl (C=O) groups excluding carboxylic acids is 3. The van der Waals surface area contributed by atoms with Crippen molar-refractivity contribution >= 4 is 17.7 Å². The molecule has 2 aromatic carbocycles. The number of hydrogen-bond donors (Lipinski definition) is 3. The Morgan fingerprint density at radius 3 is 2.29 bits per heavy atom. The quantitative estimate of drug-likeness (QED) is 0.255. The lowest BCUT2D eigenvalue weighted by Crippen LogP contribution is -2.50. The summed E-state index contributed by atoms with van der Waals surface area (Å²) in [5.74, 6) is -0.0223. The highest BCUT2D eigenvalue weighted by atomic mass is 16.2. The zero-order chi connectivity index (χ0) is 30.5. The average molecular weight is 577 g/mol. The Hall–Kier alpha value is -3.19. The molecule has 2 aromatic rings. The number of amides is 3. The number of aryl methyl sites for hydroxylation is 1. The maximum Gasteiger partial charge on any atom is 0.253 e. The molecule has 230 valence electrons. The van der Waals surface area contributed by atoms with E-state index in [9.17, 15) is 14.4 Å². The zero-order valence-electron chi connectivity index (χ0n) is 26.2. The summed E-state index contributed by atoms with van der Waals surface area (Å²) in [6.07, 6.45) is 8.90. The van der Waals surface area contributed by atoms with Gasteiger partial charge in [0.15, 0.2) is 0 Å². The molecule has 0 aliphatic heterocycles. The van der Waals surface area contributed by atoms with Gasteiger partial charge >= 0.3 is 0 Å². The third kappa shape index (κ3) is 10.3. The first-order chi connectivity index (χ1) is 20.2. The summed E-state index contributed by atoms with van der Waals surface area (Å²) in [7, 11) is 0. The van der Waals surface area contributed by atoms with Crippen molar-refractivity contribution in [3.8, 4) is 0 Å². The summed E-state index contributed by atoms with van der Waals surface area (Å²) >= 11 is 0. The number of benzene rings is 2. The summed E-state index contributed by atoms with van der Waals surface area (Å²) in [5.41, 5.74) is 9.88. The van der Waals surface area contributed by atoms with Crippen LogP contribution in [0.15, 0.2) is 48.5 Å². The Balaban J connectivity index is 1.71. The standard InChI is InChI=1S/C35H52N4O3/c1-5-18-39(19-6-2)35(42)30-17-11-16-29(23-30)34(41)38-32(22-28-15-10-12-25(3)20-28)31(36)21-26(4)33(40)37-24-27-13-8-7-9-14-27/h10-12,15-17,20,23,26-27,31-32H,5-9,13-14,18-19,21-22,24,36H2,1-4H3,(H,37,40)(H,38,41)/t26-,31+,32+/m1/s1. The van der Waals surface area contributed by atoms with Gasteiger partial charge in [0.1, 0.15) is 0 Å². The van der Waals surface area contributed by atoms with Crippen LogP contribution in [0.4, 0.5) is 0 Å². The van der Waals surface area contributed by atoms with Crippen molar-refractivity contribution < 1.29 is 14.4 Å². The van der Waals surface area contributed by atoms with Crippen LogP contribution in [0.2, 0.25) is 0 Å². The van der Waals surface area contributed by atoms with Crippen LogP contribution in [0.25, 0.3) is 0 Å². The molecular formula is C35H52N4O3. The second-order valence-corrected chi connectivity index (χ2v) is 12.2. The van der Waals surface area contributed by atoms with Gasteiger partial charge < -0.3 is 21.3 Å². The van der Waals surface area contributed by atoms with Gasteiger partial charge in [0.2, 0.25) is 5.91 Å². The molecule has 0 heterocycles. The van der Waals surface area contributed by atoms with Crippen LogP contribution < -0.4 is 16.4 Å². The largest absolute Gasteiger partial charge is 0.356 e. The van der Waals surface area contributed by atoms with Gasteiger partial charge in [0.05, 0.1) is 0 Å². The Bertz CT molecular complexity index is 1150. The van der Waals surface area contributed by atoms with Crippen LogP contribution in [-0.4, -0.2) is 54.3 Å². The Kier molecular flexibility index (Phi) is 13.5. The van der Waals surface area contributed by atoms with E-state index in [1.165, 1.54) is 32.1 Å². The van der Waals surface area contributed by atoms with Crippen LogP contribution in [0, 0.1) is 18.8 Å². The first-order valence-corrected chi connectivity index (χ1v) is 16.0. The van der Waals surface area contributed by atoms with Gasteiger partial charge in [0, 0.05) is 48.8 Å². The molecule has 42 heavy (non-hydrogen) atoms.